The molecule has 0 atom stereocenters. The molecule has 5 nitrogen and oxygen atoms in total. The fourth-order valence-electron chi connectivity index (χ4n) is 1.66. The van der Waals surface area contributed by atoms with Gasteiger partial charge >= 0.3 is 5.97 Å². The molecule has 0 aliphatic rings. The lowest BCUT2D eigenvalue weighted by molar-refractivity contribution is -0.748. The summed E-state index contributed by atoms with van der Waals surface area (Å²) >= 11 is 0. The number of carboxylic acid groups (broad SMARTS) is 1. The Bertz CT molecular complexity index is 599. The van der Waals surface area contributed by atoms with E-state index in [-0.39, 0.29) is 5.56 Å². The fourth-order valence-corrected chi connectivity index (χ4v) is 1.66. The monoisotopic (exact) mass is 219 g/mol. The van der Waals surface area contributed by atoms with Gasteiger partial charge in [-0.1, -0.05) is 0 Å². The van der Waals surface area contributed by atoms with E-state index in [1.807, 2.05) is 29.7 Å². The molecule has 1 aromatic heterocycles. The molecular weight excluding hydrogens is 208 g/mol. The van der Waals surface area contributed by atoms with Crippen molar-refractivity contribution in [2.75, 3.05) is 0 Å². The molecule has 0 bridgehead atoms. The molecule has 1 N–H and O–H groups in total. The van der Waals surface area contributed by atoms with Crippen LogP contribution in [0.15, 0.2) is 24.4 Å². The number of aryl methyl sites for hydroxylation is 2. The number of benzene rings is 1. The summed E-state index contributed by atoms with van der Waals surface area (Å²) in [5, 5.41) is 9.59. The van der Waals surface area contributed by atoms with Gasteiger partial charge in [-0.15, -0.1) is 4.68 Å². The molecule has 5 heteroatoms. The van der Waals surface area contributed by atoms with Crippen molar-refractivity contribution in [3.63, 3.8) is 0 Å². The first kappa shape index (κ1) is 10.4. The third-order valence-corrected chi connectivity index (χ3v) is 2.63. The number of carboxylic acids is 1. The van der Waals surface area contributed by atoms with Crippen molar-refractivity contribution in [2.24, 2.45) is 14.1 Å². The minimum absolute atomic E-state index is 0.196. The number of hydrogen-bond acceptors (Lipinski definition) is 2. The lowest BCUT2D eigenvalue weighted by Crippen LogP contribution is -2.35. The first-order valence-corrected chi connectivity index (χ1v) is 4.73. The van der Waals surface area contributed by atoms with Gasteiger partial charge in [-0.25, -0.2) is 4.79 Å². The number of fused-ring (bicyclic) bond motifs is 1. The Morgan fingerprint density at radius 3 is 2.69 bits per heavy atom. The number of hydrogen-bond donors (Lipinski definition) is 1. The molecule has 0 spiro atoms. The molecule has 16 heavy (non-hydrogen) atoms. The molecule has 1 aromatic carbocycles. The van der Waals surface area contributed by atoms with Crippen molar-refractivity contribution in [3.8, 4) is 0 Å². The highest BCUT2D eigenvalue weighted by atomic mass is 16.4. The van der Waals surface area contributed by atoms with E-state index in [2.05, 4.69) is 0 Å². The number of carbonyl (C=O) groups is 2. The van der Waals surface area contributed by atoms with Crippen LogP contribution >= 0.6 is 0 Å². The lowest BCUT2D eigenvalue weighted by atomic mass is 10.1. The van der Waals surface area contributed by atoms with Gasteiger partial charge in [-0.3, -0.25) is 4.79 Å². The highest BCUT2D eigenvalue weighted by Gasteiger charge is 2.17. The van der Waals surface area contributed by atoms with Gasteiger partial charge in [0, 0.05) is 5.56 Å². The third-order valence-electron chi connectivity index (χ3n) is 2.63. The second-order valence-corrected chi connectivity index (χ2v) is 3.63. The largest absolute Gasteiger partial charge is 0.475 e. The number of Topliss-reactive ketones (excluding diaryl/α,β-unsaturated/α-hetero) is 1. The Hall–Kier alpha value is -2.17. The van der Waals surface area contributed by atoms with E-state index in [1.165, 1.54) is 6.07 Å². The molecule has 0 radical (unpaired) electrons. The third kappa shape index (κ3) is 1.46. The Balaban J connectivity index is 2.63. The van der Waals surface area contributed by atoms with E-state index < -0.39 is 11.8 Å². The van der Waals surface area contributed by atoms with Crippen LogP contribution in [0.4, 0.5) is 0 Å². The summed E-state index contributed by atoms with van der Waals surface area (Å²) in [6.45, 7) is 0. The zero-order valence-electron chi connectivity index (χ0n) is 8.97. The molecule has 0 saturated heterocycles. The Labute approximate surface area is 91.5 Å². The molecular formula is C11H11N2O3+. The van der Waals surface area contributed by atoms with Gasteiger partial charge in [-0.2, -0.15) is 4.68 Å². The number of nitrogens with zero attached hydrogens (tertiary/aromatic N) is 2. The average Bonchev–Trinajstić information content (AvgIpc) is 2.53. The maximum atomic E-state index is 11.3. The highest BCUT2D eigenvalue weighted by Crippen LogP contribution is 2.14. The Morgan fingerprint density at radius 1 is 1.38 bits per heavy atom. The molecule has 0 saturated carbocycles. The molecule has 82 valence electrons. The first-order valence-electron chi connectivity index (χ1n) is 4.73. The minimum atomic E-state index is -1.43. The maximum Gasteiger partial charge on any atom is 0.377 e. The van der Waals surface area contributed by atoms with Crippen LogP contribution < -0.4 is 4.68 Å². The second kappa shape index (κ2) is 3.44. The molecule has 0 unspecified atom stereocenters. The number of aliphatic carboxylic acids is 1. The van der Waals surface area contributed by atoms with Gasteiger partial charge in [0.2, 0.25) is 6.20 Å². The van der Waals surface area contributed by atoms with E-state index in [1.54, 1.807) is 12.1 Å². The zero-order chi connectivity index (χ0) is 11.9. The maximum absolute atomic E-state index is 11.3. The first-order chi connectivity index (χ1) is 7.50. The van der Waals surface area contributed by atoms with Crippen LogP contribution in [0.1, 0.15) is 10.4 Å². The van der Waals surface area contributed by atoms with E-state index in [9.17, 15) is 9.59 Å². The number of aromatic nitrogens is 2. The number of carbonyl (C=O) groups excluding carboxylic acids is 1. The molecule has 0 fully saturated rings. The lowest BCUT2D eigenvalue weighted by Gasteiger charge is -1.96. The normalized spacial score (nSPS) is 10.6. The zero-order valence-corrected chi connectivity index (χ0v) is 8.97. The molecule has 1 heterocycles. The van der Waals surface area contributed by atoms with E-state index in [0.717, 1.165) is 10.9 Å². The Morgan fingerprint density at radius 2 is 2.06 bits per heavy atom. The SMILES string of the molecule is Cn1c2cc(C(=O)C(=O)O)ccc2c[n+]1C. The standard InChI is InChI=1S/C11H10N2O3/c1-12-6-8-4-3-7(10(14)11(15)16)5-9(8)13(12)2/h3-6H,1-2H3/p+1. The molecule has 0 aliphatic heterocycles. The van der Waals surface area contributed by atoms with Gasteiger partial charge < -0.3 is 5.11 Å². The molecule has 2 aromatic rings. The van der Waals surface area contributed by atoms with E-state index >= 15 is 0 Å². The summed E-state index contributed by atoms with van der Waals surface area (Å²) < 4.78 is 3.70. The molecule has 2 rings (SSSR count). The van der Waals surface area contributed by atoms with Crippen LogP contribution in [0, 0.1) is 0 Å². The number of rotatable bonds is 2. The average molecular weight is 219 g/mol. The fraction of sp³-hybridized carbons (Fsp3) is 0.182. The summed E-state index contributed by atoms with van der Waals surface area (Å²) in [5.41, 5.74) is 1.02. The van der Waals surface area contributed by atoms with Crippen LogP contribution in [0.5, 0.6) is 0 Å². The van der Waals surface area contributed by atoms with Gasteiger partial charge in [-0.05, 0) is 18.2 Å². The summed E-state index contributed by atoms with van der Waals surface area (Å²) in [6, 6.07) is 4.86. The summed E-state index contributed by atoms with van der Waals surface area (Å²) in [7, 11) is 3.72. The predicted octanol–water partition coefficient (Wildman–Crippen LogP) is 0.270. The van der Waals surface area contributed by atoms with E-state index in [4.69, 9.17) is 5.11 Å². The quantitative estimate of drug-likeness (QED) is 0.448. The van der Waals surface area contributed by atoms with Crippen molar-refractivity contribution in [1.29, 1.82) is 0 Å². The minimum Gasteiger partial charge on any atom is -0.475 e. The van der Waals surface area contributed by atoms with Gasteiger partial charge in [0.05, 0.1) is 12.4 Å². The predicted molar refractivity (Wildman–Crippen MR) is 56.1 cm³/mol. The van der Waals surface area contributed by atoms with Crippen LogP contribution in [0.3, 0.4) is 0 Å². The van der Waals surface area contributed by atoms with Crippen molar-refractivity contribution in [2.45, 2.75) is 0 Å². The van der Waals surface area contributed by atoms with E-state index in [0.29, 0.717) is 0 Å². The van der Waals surface area contributed by atoms with Crippen molar-refractivity contribution in [1.82, 2.24) is 4.68 Å². The molecule has 0 amide bonds. The van der Waals surface area contributed by atoms with Gasteiger partial charge in [0.1, 0.15) is 5.52 Å². The summed E-state index contributed by atoms with van der Waals surface area (Å²) in [6.07, 6.45) is 1.91. The Kier molecular flexibility index (Phi) is 2.23. The topological polar surface area (TPSA) is 63.2 Å². The van der Waals surface area contributed by atoms with Gasteiger partial charge in [0.15, 0.2) is 7.05 Å². The van der Waals surface area contributed by atoms with Crippen LogP contribution in [0.25, 0.3) is 10.9 Å². The summed E-state index contributed by atoms with van der Waals surface area (Å²) in [5.74, 6) is -2.32. The smallest absolute Gasteiger partial charge is 0.377 e. The van der Waals surface area contributed by atoms with Gasteiger partial charge in [0.25, 0.3) is 5.78 Å². The van der Waals surface area contributed by atoms with Crippen LogP contribution in [-0.2, 0) is 18.9 Å². The summed E-state index contributed by atoms with van der Waals surface area (Å²) in [4.78, 5) is 21.9. The van der Waals surface area contributed by atoms with Crippen molar-refractivity contribution < 1.29 is 19.4 Å². The second-order valence-electron chi connectivity index (χ2n) is 3.63. The van der Waals surface area contributed by atoms with Crippen LogP contribution in [-0.4, -0.2) is 21.5 Å². The number of ketones is 1. The highest BCUT2D eigenvalue weighted by molar-refractivity contribution is 6.40. The molecule has 0 aliphatic carbocycles. The van der Waals surface area contributed by atoms with Crippen LogP contribution in [0.2, 0.25) is 0 Å². The van der Waals surface area contributed by atoms with Crippen molar-refractivity contribution in [3.05, 3.63) is 30.0 Å². The van der Waals surface area contributed by atoms with Crippen molar-refractivity contribution >= 4 is 22.7 Å².